The third-order valence-electron chi connectivity index (χ3n) is 1.04. The lowest BCUT2D eigenvalue weighted by Crippen LogP contribution is -2.05. The lowest BCUT2D eigenvalue weighted by atomic mass is 10.2. The fourth-order valence-corrected chi connectivity index (χ4v) is 1.03. The van der Waals surface area contributed by atoms with E-state index in [1.807, 2.05) is 13.0 Å². The molecular weight excluding hydrogens is 196 g/mol. The molecule has 0 unspecified atom stereocenters. The summed E-state index contributed by atoms with van der Waals surface area (Å²) in [5.74, 6) is -0.251. The Morgan fingerprint density at radius 3 is 2.60 bits per heavy atom. The van der Waals surface area contributed by atoms with E-state index in [-0.39, 0.29) is 5.97 Å². The molecule has 0 amide bonds. The molecule has 0 saturated heterocycles. The van der Waals surface area contributed by atoms with Crippen LogP contribution in [-0.2, 0) is 9.53 Å². The lowest BCUT2D eigenvalue weighted by Gasteiger charge is -1.98. The quantitative estimate of drug-likeness (QED) is 0.401. The third kappa shape index (κ3) is 3.01. The first-order valence-corrected chi connectivity index (χ1v) is 4.21. The minimum Gasteiger partial charge on any atom is -0.466 e. The number of methoxy groups -OCH3 is 1. The number of halogens is 1. The minimum absolute atomic E-state index is 0.251. The SMILES string of the molecule is CCC=C(CBr)C(=O)OC. The van der Waals surface area contributed by atoms with Crippen LogP contribution < -0.4 is 0 Å². The summed E-state index contributed by atoms with van der Waals surface area (Å²) >= 11 is 3.19. The van der Waals surface area contributed by atoms with Gasteiger partial charge in [0, 0.05) is 10.9 Å². The van der Waals surface area contributed by atoms with E-state index in [2.05, 4.69) is 20.7 Å². The largest absolute Gasteiger partial charge is 0.466 e. The second-order valence-corrected chi connectivity index (χ2v) is 2.32. The van der Waals surface area contributed by atoms with Crippen molar-refractivity contribution in [3.63, 3.8) is 0 Å². The van der Waals surface area contributed by atoms with Gasteiger partial charge in [0.05, 0.1) is 7.11 Å². The molecule has 3 heteroatoms. The average Bonchev–Trinajstić information content (AvgIpc) is 1.99. The molecule has 0 aromatic rings. The summed E-state index contributed by atoms with van der Waals surface area (Å²) < 4.78 is 4.52. The second kappa shape index (κ2) is 5.47. The van der Waals surface area contributed by atoms with Crippen LogP contribution in [0.1, 0.15) is 13.3 Å². The molecule has 0 radical (unpaired) electrons. The fourth-order valence-electron chi connectivity index (χ4n) is 0.570. The molecule has 0 aromatic carbocycles. The van der Waals surface area contributed by atoms with Gasteiger partial charge >= 0.3 is 5.97 Å². The maximum Gasteiger partial charge on any atom is 0.334 e. The van der Waals surface area contributed by atoms with Crippen molar-refractivity contribution in [2.24, 2.45) is 0 Å². The normalized spacial score (nSPS) is 11.3. The summed E-state index contributed by atoms with van der Waals surface area (Å²) in [5.41, 5.74) is 0.685. The molecule has 0 saturated carbocycles. The molecule has 2 nitrogen and oxygen atoms in total. The van der Waals surface area contributed by atoms with Gasteiger partial charge in [-0.3, -0.25) is 0 Å². The summed E-state index contributed by atoms with van der Waals surface area (Å²) in [7, 11) is 1.38. The van der Waals surface area contributed by atoms with E-state index >= 15 is 0 Å². The molecule has 58 valence electrons. The van der Waals surface area contributed by atoms with Crippen LogP contribution in [0.15, 0.2) is 11.6 Å². The predicted molar refractivity (Wildman–Crippen MR) is 44.2 cm³/mol. The highest BCUT2D eigenvalue weighted by atomic mass is 79.9. The van der Waals surface area contributed by atoms with Crippen molar-refractivity contribution in [2.45, 2.75) is 13.3 Å². The van der Waals surface area contributed by atoms with Gasteiger partial charge in [0.1, 0.15) is 0 Å². The molecule has 0 atom stereocenters. The standard InChI is InChI=1S/C7H11BrO2/c1-3-4-6(5-8)7(9)10-2/h4H,3,5H2,1-2H3. The molecule has 0 heterocycles. The van der Waals surface area contributed by atoms with Gasteiger partial charge < -0.3 is 4.74 Å². The molecule has 10 heavy (non-hydrogen) atoms. The van der Waals surface area contributed by atoms with E-state index in [9.17, 15) is 4.79 Å². The van der Waals surface area contributed by atoms with Crippen molar-refractivity contribution in [1.29, 1.82) is 0 Å². The van der Waals surface area contributed by atoms with E-state index in [4.69, 9.17) is 0 Å². The number of hydrogen-bond acceptors (Lipinski definition) is 2. The Kier molecular flexibility index (Phi) is 5.30. The number of esters is 1. The average molecular weight is 207 g/mol. The number of ether oxygens (including phenoxy) is 1. The molecule has 0 spiro atoms. The van der Waals surface area contributed by atoms with Crippen LogP contribution in [0.25, 0.3) is 0 Å². The summed E-state index contributed by atoms with van der Waals surface area (Å²) in [6.07, 6.45) is 2.70. The Labute approximate surface area is 69.4 Å². The number of carbonyl (C=O) groups excluding carboxylic acids is 1. The summed E-state index contributed by atoms with van der Waals surface area (Å²) in [6, 6.07) is 0. The first-order chi connectivity index (χ1) is 4.76. The van der Waals surface area contributed by atoms with Crippen LogP contribution in [0.5, 0.6) is 0 Å². The monoisotopic (exact) mass is 206 g/mol. The van der Waals surface area contributed by atoms with Crippen molar-refractivity contribution >= 4 is 21.9 Å². The summed E-state index contributed by atoms with van der Waals surface area (Å²) in [4.78, 5) is 10.8. The molecule has 0 aromatic heterocycles. The molecule has 0 rings (SSSR count). The van der Waals surface area contributed by atoms with Crippen molar-refractivity contribution in [1.82, 2.24) is 0 Å². The van der Waals surface area contributed by atoms with Gasteiger partial charge in [0.25, 0.3) is 0 Å². The van der Waals surface area contributed by atoms with Crippen molar-refractivity contribution in [3.8, 4) is 0 Å². The van der Waals surface area contributed by atoms with Crippen molar-refractivity contribution < 1.29 is 9.53 Å². The lowest BCUT2D eigenvalue weighted by molar-refractivity contribution is -0.135. The Balaban J connectivity index is 4.06. The summed E-state index contributed by atoms with van der Waals surface area (Å²) in [5, 5.41) is 0.563. The van der Waals surface area contributed by atoms with Crippen molar-refractivity contribution in [3.05, 3.63) is 11.6 Å². The zero-order chi connectivity index (χ0) is 7.98. The number of rotatable bonds is 3. The Morgan fingerprint density at radius 2 is 2.30 bits per heavy atom. The molecule has 0 aliphatic heterocycles. The maximum absolute atomic E-state index is 10.8. The zero-order valence-electron chi connectivity index (χ0n) is 6.19. The van der Waals surface area contributed by atoms with Crippen LogP contribution in [0.2, 0.25) is 0 Å². The van der Waals surface area contributed by atoms with Gasteiger partial charge in [-0.1, -0.05) is 28.9 Å². The molecule has 0 bridgehead atoms. The van der Waals surface area contributed by atoms with Crippen LogP contribution in [0.3, 0.4) is 0 Å². The Hall–Kier alpha value is -0.310. The molecule has 0 aliphatic carbocycles. The maximum atomic E-state index is 10.8. The van der Waals surface area contributed by atoms with Gasteiger partial charge in [-0.15, -0.1) is 0 Å². The first-order valence-electron chi connectivity index (χ1n) is 3.09. The molecule has 0 fully saturated rings. The van der Waals surface area contributed by atoms with Gasteiger partial charge in [0.15, 0.2) is 0 Å². The van der Waals surface area contributed by atoms with Crippen LogP contribution in [0.4, 0.5) is 0 Å². The molecule has 0 N–H and O–H groups in total. The van der Waals surface area contributed by atoms with Crippen LogP contribution in [0, 0.1) is 0 Å². The number of hydrogen-bond donors (Lipinski definition) is 0. The Morgan fingerprint density at radius 1 is 1.70 bits per heavy atom. The fraction of sp³-hybridized carbons (Fsp3) is 0.571. The van der Waals surface area contributed by atoms with Crippen molar-refractivity contribution in [2.75, 3.05) is 12.4 Å². The van der Waals surface area contributed by atoms with Gasteiger partial charge in [-0.2, -0.15) is 0 Å². The second-order valence-electron chi connectivity index (χ2n) is 1.76. The smallest absolute Gasteiger partial charge is 0.334 e. The van der Waals surface area contributed by atoms with E-state index in [0.717, 1.165) is 6.42 Å². The first kappa shape index (κ1) is 9.69. The predicted octanol–water partition coefficient (Wildman–Crippen LogP) is 1.89. The number of allylic oxidation sites excluding steroid dienone is 1. The van der Waals surface area contributed by atoms with E-state index < -0.39 is 0 Å². The Bertz CT molecular complexity index is 141. The highest BCUT2D eigenvalue weighted by Crippen LogP contribution is 2.02. The zero-order valence-corrected chi connectivity index (χ0v) is 7.77. The minimum atomic E-state index is -0.251. The van der Waals surface area contributed by atoms with Gasteiger partial charge in [0.2, 0.25) is 0 Å². The highest BCUT2D eigenvalue weighted by molar-refractivity contribution is 9.09. The van der Waals surface area contributed by atoms with Crippen LogP contribution >= 0.6 is 15.9 Å². The number of carbonyl (C=O) groups is 1. The third-order valence-corrected chi connectivity index (χ3v) is 1.65. The van der Waals surface area contributed by atoms with E-state index in [1.54, 1.807) is 0 Å². The molecule has 0 aliphatic rings. The topological polar surface area (TPSA) is 26.3 Å². The van der Waals surface area contributed by atoms with Gasteiger partial charge in [-0.05, 0) is 6.42 Å². The number of alkyl halides is 1. The van der Waals surface area contributed by atoms with E-state index in [1.165, 1.54) is 7.11 Å². The van der Waals surface area contributed by atoms with Crippen LogP contribution in [-0.4, -0.2) is 18.4 Å². The highest BCUT2D eigenvalue weighted by Gasteiger charge is 2.05. The van der Waals surface area contributed by atoms with E-state index in [0.29, 0.717) is 10.9 Å². The summed E-state index contributed by atoms with van der Waals surface area (Å²) in [6.45, 7) is 1.98. The molecular formula is C7H11BrO2. The van der Waals surface area contributed by atoms with Gasteiger partial charge in [-0.25, -0.2) is 4.79 Å².